The molecule has 1 saturated carbocycles. The SMILES string of the molecule is CC(C)C1CCC(c2ccccc2)C1. The molecule has 1 fully saturated rings. The molecule has 0 nitrogen and oxygen atoms in total. The van der Waals surface area contributed by atoms with Gasteiger partial charge in [0.25, 0.3) is 0 Å². The fourth-order valence-corrected chi connectivity index (χ4v) is 2.65. The predicted octanol–water partition coefficient (Wildman–Crippen LogP) is 4.23. The predicted molar refractivity (Wildman–Crippen MR) is 61.4 cm³/mol. The summed E-state index contributed by atoms with van der Waals surface area (Å²) >= 11 is 0. The van der Waals surface area contributed by atoms with E-state index in [4.69, 9.17) is 0 Å². The highest BCUT2D eigenvalue weighted by Gasteiger charge is 2.27. The normalized spacial score (nSPS) is 27.1. The number of rotatable bonds is 2. The van der Waals surface area contributed by atoms with E-state index in [1.807, 2.05) is 0 Å². The molecule has 0 saturated heterocycles. The lowest BCUT2D eigenvalue weighted by atomic mass is 9.91. The van der Waals surface area contributed by atoms with Crippen LogP contribution in [0.3, 0.4) is 0 Å². The molecule has 1 aromatic rings. The summed E-state index contributed by atoms with van der Waals surface area (Å²) in [5.41, 5.74) is 1.55. The third kappa shape index (κ3) is 2.00. The Morgan fingerprint density at radius 2 is 1.79 bits per heavy atom. The Hall–Kier alpha value is -0.780. The zero-order chi connectivity index (χ0) is 9.97. The van der Waals surface area contributed by atoms with Gasteiger partial charge >= 0.3 is 0 Å². The van der Waals surface area contributed by atoms with Crippen LogP contribution in [0.25, 0.3) is 0 Å². The molecule has 76 valence electrons. The molecule has 0 aliphatic heterocycles. The summed E-state index contributed by atoms with van der Waals surface area (Å²) in [6.45, 7) is 4.72. The minimum absolute atomic E-state index is 0.837. The monoisotopic (exact) mass is 188 g/mol. The topological polar surface area (TPSA) is 0 Å². The lowest BCUT2D eigenvalue weighted by Crippen LogP contribution is -2.03. The van der Waals surface area contributed by atoms with Gasteiger partial charge in [0.1, 0.15) is 0 Å². The number of hydrogen-bond donors (Lipinski definition) is 0. The maximum Gasteiger partial charge on any atom is -0.0159 e. The van der Waals surface area contributed by atoms with Gasteiger partial charge in [-0.25, -0.2) is 0 Å². The first-order valence-corrected chi connectivity index (χ1v) is 5.82. The highest BCUT2D eigenvalue weighted by atomic mass is 14.3. The van der Waals surface area contributed by atoms with Crippen LogP contribution in [0.1, 0.15) is 44.6 Å². The molecule has 0 N–H and O–H groups in total. The van der Waals surface area contributed by atoms with Crippen molar-refractivity contribution in [2.24, 2.45) is 11.8 Å². The van der Waals surface area contributed by atoms with E-state index >= 15 is 0 Å². The van der Waals surface area contributed by atoms with Crippen molar-refractivity contribution in [1.29, 1.82) is 0 Å². The number of hydrogen-bond acceptors (Lipinski definition) is 0. The zero-order valence-electron chi connectivity index (χ0n) is 9.24. The maximum atomic E-state index is 2.36. The summed E-state index contributed by atoms with van der Waals surface area (Å²) in [7, 11) is 0. The van der Waals surface area contributed by atoms with E-state index in [-0.39, 0.29) is 0 Å². The molecule has 1 aliphatic rings. The van der Waals surface area contributed by atoms with E-state index in [0.717, 1.165) is 17.8 Å². The van der Waals surface area contributed by atoms with Crippen molar-refractivity contribution in [2.45, 2.75) is 39.0 Å². The van der Waals surface area contributed by atoms with Crippen molar-refractivity contribution in [3.8, 4) is 0 Å². The second-order valence-electron chi connectivity index (χ2n) is 4.92. The van der Waals surface area contributed by atoms with Crippen molar-refractivity contribution in [3.05, 3.63) is 35.9 Å². The van der Waals surface area contributed by atoms with Crippen LogP contribution in [0, 0.1) is 11.8 Å². The quantitative estimate of drug-likeness (QED) is 0.651. The molecule has 0 bridgehead atoms. The Morgan fingerprint density at radius 1 is 1.07 bits per heavy atom. The third-order valence-corrected chi connectivity index (χ3v) is 3.69. The van der Waals surface area contributed by atoms with Crippen molar-refractivity contribution < 1.29 is 0 Å². The van der Waals surface area contributed by atoms with Gasteiger partial charge in [0.15, 0.2) is 0 Å². The highest BCUT2D eigenvalue weighted by Crippen LogP contribution is 2.41. The molecule has 0 aromatic heterocycles. The summed E-state index contributed by atoms with van der Waals surface area (Å²) in [5, 5.41) is 0. The van der Waals surface area contributed by atoms with Gasteiger partial charge in [-0.05, 0) is 42.6 Å². The largest absolute Gasteiger partial charge is 0.0625 e. The van der Waals surface area contributed by atoms with E-state index in [1.165, 1.54) is 19.3 Å². The standard InChI is InChI=1S/C14H20/c1-11(2)13-8-9-14(10-13)12-6-4-3-5-7-12/h3-7,11,13-14H,8-10H2,1-2H3. The zero-order valence-corrected chi connectivity index (χ0v) is 9.24. The van der Waals surface area contributed by atoms with Crippen molar-refractivity contribution in [3.63, 3.8) is 0 Å². The molecule has 1 aromatic carbocycles. The average Bonchev–Trinajstić information content (AvgIpc) is 2.68. The molecule has 1 aliphatic carbocycles. The van der Waals surface area contributed by atoms with Crippen molar-refractivity contribution in [2.75, 3.05) is 0 Å². The first-order chi connectivity index (χ1) is 6.77. The maximum absolute atomic E-state index is 2.36. The molecule has 14 heavy (non-hydrogen) atoms. The van der Waals surface area contributed by atoms with Gasteiger partial charge in [-0.1, -0.05) is 44.2 Å². The van der Waals surface area contributed by atoms with Crippen LogP contribution in [0.15, 0.2) is 30.3 Å². The second kappa shape index (κ2) is 4.16. The molecule has 2 rings (SSSR count). The molecule has 0 heteroatoms. The summed E-state index contributed by atoms with van der Waals surface area (Å²) < 4.78 is 0. The molecule has 2 atom stereocenters. The Labute approximate surface area is 87.3 Å². The van der Waals surface area contributed by atoms with E-state index in [9.17, 15) is 0 Å². The van der Waals surface area contributed by atoms with Gasteiger partial charge in [0.05, 0.1) is 0 Å². The Morgan fingerprint density at radius 3 is 2.36 bits per heavy atom. The minimum atomic E-state index is 0.837. The van der Waals surface area contributed by atoms with E-state index in [2.05, 4.69) is 44.2 Å². The van der Waals surface area contributed by atoms with Crippen LogP contribution >= 0.6 is 0 Å². The summed E-state index contributed by atoms with van der Waals surface area (Å²) in [6.07, 6.45) is 4.23. The molecule has 0 radical (unpaired) electrons. The van der Waals surface area contributed by atoms with E-state index < -0.39 is 0 Å². The van der Waals surface area contributed by atoms with Crippen molar-refractivity contribution >= 4 is 0 Å². The fraction of sp³-hybridized carbons (Fsp3) is 0.571. The van der Waals surface area contributed by atoms with E-state index in [1.54, 1.807) is 5.56 Å². The van der Waals surface area contributed by atoms with Crippen LogP contribution < -0.4 is 0 Å². The van der Waals surface area contributed by atoms with Crippen LogP contribution in [-0.2, 0) is 0 Å². The lowest BCUT2D eigenvalue weighted by molar-refractivity contribution is 0.391. The molecule has 0 spiro atoms. The molecule has 0 amide bonds. The second-order valence-corrected chi connectivity index (χ2v) is 4.92. The van der Waals surface area contributed by atoms with Crippen molar-refractivity contribution in [1.82, 2.24) is 0 Å². The molecule has 2 unspecified atom stereocenters. The summed E-state index contributed by atoms with van der Waals surface area (Å²) in [6, 6.07) is 11.0. The smallest absolute Gasteiger partial charge is 0.0159 e. The first-order valence-electron chi connectivity index (χ1n) is 5.82. The summed E-state index contributed by atoms with van der Waals surface area (Å²) in [5.74, 6) is 2.66. The Kier molecular flexibility index (Phi) is 2.90. The number of benzene rings is 1. The summed E-state index contributed by atoms with van der Waals surface area (Å²) in [4.78, 5) is 0. The Balaban J connectivity index is 2.03. The van der Waals surface area contributed by atoms with Gasteiger partial charge in [-0.3, -0.25) is 0 Å². The Bertz CT molecular complexity index is 273. The molecule has 0 heterocycles. The van der Waals surface area contributed by atoms with Gasteiger partial charge in [-0.15, -0.1) is 0 Å². The molecular weight excluding hydrogens is 168 g/mol. The van der Waals surface area contributed by atoms with Gasteiger partial charge < -0.3 is 0 Å². The van der Waals surface area contributed by atoms with Crippen LogP contribution in [-0.4, -0.2) is 0 Å². The average molecular weight is 188 g/mol. The fourth-order valence-electron chi connectivity index (χ4n) is 2.65. The third-order valence-electron chi connectivity index (χ3n) is 3.69. The lowest BCUT2D eigenvalue weighted by Gasteiger charge is -2.14. The van der Waals surface area contributed by atoms with Gasteiger partial charge in [0, 0.05) is 0 Å². The van der Waals surface area contributed by atoms with Crippen LogP contribution in [0.4, 0.5) is 0 Å². The highest BCUT2D eigenvalue weighted by molar-refractivity contribution is 5.20. The van der Waals surface area contributed by atoms with Crippen LogP contribution in [0.5, 0.6) is 0 Å². The molecular formula is C14H20. The van der Waals surface area contributed by atoms with E-state index in [0.29, 0.717) is 0 Å². The first kappa shape index (κ1) is 9.76. The minimum Gasteiger partial charge on any atom is -0.0625 e. The van der Waals surface area contributed by atoms with Gasteiger partial charge in [0.2, 0.25) is 0 Å². The van der Waals surface area contributed by atoms with Gasteiger partial charge in [-0.2, -0.15) is 0 Å². The van der Waals surface area contributed by atoms with Crippen LogP contribution in [0.2, 0.25) is 0 Å².